The number of aryl methyl sites for hydroxylation is 1. The van der Waals surface area contributed by atoms with E-state index in [1.54, 1.807) is 12.1 Å². The number of anilines is 2. The van der Waals surface area contributed by atoms with Gasteiger partial charge in [0.2, 0.25) is 0 Å². The van der Waals surface area contributed by atoms with Gasteiger partial charge in [-0.05, 0) is 105 Å². The van der Waals surface area contributed by atoms with Crippen LogP contribution in [-0.2, 0) is 12.6 Å². The Morgan fingerprint density at radius 2 is 1.80 bits per heavy atom. The van der Waals surface area contributed by atoms with Crippen LogP contribution < -0.4 is 10.2 Å². The fourth-order valence-electron chi connectivity index (χ4n) is 5.80. The van der Waals surface area contributed by atoms with Gasteiger partial charge in [0.25, 0.3) is 0 Å². The number of hydrogen-bond acceptors (Lipinski definition) is 4. The molecule has 0 unspecified atom stereocenters. The molecule has 2 fully saturated rings. The van der Waals surface area contributed by atoms with E-state index in [-0.39, 0.29) is 6.61 Å². The first-order valence-electron chi connectivity index (χ1n) is 13.2. The second-order valence-electron chi connectivity index (χ2n) is 10.3. The summed E-state index contributed by atoms with van der Waals surface area (Å²) < 4.78 is 38.8. The number of piperidine rings is 1. The Labute approximate surface area is 207 Å². The third-order valence-corrected chi connectivity index (χ3v) is 7.66. The molecule has 1 aromatic carbocycles. The Bertz CT molecular complexity index is 918. The summed E-state index contributed by atoms with van der Waals surface area (Å²) in [7, 11) is 0. The predicted octanol–water partition coefficient (Wildman–Crippen LogP) is 6.69. The average Bonchev–Trinajstić information content (AvgIpc) is 2.85. The number of aliphatic hydroxyl groups excluding tert-OH is 1. The summed E-state index contributed by atoms with van der Waals surface area (Å²) >= 11 is 0. The lowest BCUT2D eigenvalue weighted by Crippen LogP contribution is -2.39. The number of aromatic nitrogens is 1. The minimum Gasteiger partial charge on any atom is -0.396 e. The number of alkyl halides is 3. The van der Waals surface area contributed by atoms with Gasteiger partial charge in [-0.2, -0.15) is 13.2 Å². The van der Waals surface area contributed by atoms with Gasteiger partial charge >= 0.3 is 6.18 Å². The summed E-state index contributed by atoms with van der Waals surface area (Å²) in [6, 6.07) is 10.3. The molecule has 1 saturated heterocycles. The zero-order valence-corrected chi connectivity index (χ0v) is 20.4. The fraction of sp³-hybridized carbons (Fsp3) is 0.607. The molecule has 0 amide bonds. The number of rotatable bonds is 9. The molecule has 1 saturated carbocycles. The van der Waals surface area contributed by atoms with Crippen LogP contribution >= 0.6 is 0 Å². The normalized spacial score (nSPS) is 23.3. The van der Waals surface area contributed by atoms with E-state index in [9.17, 15) is 13.2 Å². The first-order valence-corrected chi connectivity index (χ1v) is 13.2. The van der Waals surface area contributed by atoms with Crippen molar-refractivity contribution >= 4 is 11.5 Å². The molecule has 4 rings (SSSR count). The van der Waals surface area contributed by atoms with Crippen LogP contribution in [0.4, 0.5) is 24.7 Å². The second-order valence-corrected chi connectivity index (χ2v) is 10.3. The molecule has 7 heteroatoms. The van der Waals surface area contributed by atoms with Crippen LogP contribution in [0.3, 0.4) is 0 Å². The maximum atomic E-state index is 12.9. The number of pyridine rings is 1. The summed E-state index contributed by atoms with van der Waals surface area (Å²) in [6.45, 7) is 2.05. The van der Waals surface area contributed by atoms with E-state index in [0.717, 1.165) is 63.1 Å². The Balaban J connectivity index is 1.35. The van der Waals surface area contributed by atoms with Crippen LogP contribution in [0.2, 0.25) is 0 Å². The summed E-state index contributed by atoms with van der Waals surface area (Å²) in [5.74, 6) is 2.08. The summed E-state index contributed by atoms with van der Waals surface area (Å²) in [5, 5.41) is 12.8. The molecule has 0 radical (unpaired) electrons. The van der Waals surface area contributed by atoms with E-state index < -0.39 is 11.7 Å². The summed E-state index contributed by atoms with van der Waals surface area (Å²) in [4.78, 5) is 6.83. The van der Waals surface area contributed by atoms with E-state index in [4.69, 9.17) is 5.11 Å². The van der Waals surface area contributed by atoms with E-state index >= 15 is 0 Å². The van der Waals surface area contributed by atoms with Crippen LogP contribution in [0.25, 0.3) is 0 Å². The number of nitrogens with one attached hydrogen (secondary N) is 1. The van der Waals surface area contributed by atoms with Crippen LogP contribution in [-0.4, -0.2) is 35.8 Å². The second kappa shape index (κ2) is 12.1. The van der Waals surface area contributed by atoms with Crippen molar-refractivity contribution in [3.63, 3.8) is 0 Å². The molecule has 3 atom stereocenters. The molecule has 2 aromatic rings. The van der Waals surface area contributed by atoms with Gasteiger partial charge in [-0.1, -0.05) is 12.8 Å². The van der Waals surface area contributed by atoms with Crippen LogP contribution in [0.1, 0.15) is 68.9 Å². The molecule has 192 valence electrons. The number of nitrogens with zero attached hydrogens (tertiary/aromatic N) is 2. The third-order valence-electron chi connectivity index (χ3n) is 7.66. The number of halogens is 3. The van der Waals surface area contributed by atoms with E-state index in [1.165, 1.54) is 43.4 Å². The molecule has 4 nitrogen and oxygen atoms in total. The Morgan fingerprint density at radius 3 is 2.57 bits per heavy atom. The minimum atomic E-state index is -4.29. The third kappa shape index (κ3) is 7.35. The monoisotopic (exact) mass is 489 g/mol. The highest BCUT2D eigenvalue weighted by Gasteiger charge is 2.32. The van der Waals surface area contributed by atoms with Gasteiger partial charge in [-0.3, -0.25) is 0 Å². The molecule has 0 bridgehead atoms. The molecule has 1 aliphatic heterocycles. The Hall–Kier alpha value is -2.28. The SMILES string of the molecule is OCCCCc1ccnc(N[C@@H]2CCCC[C@H]2C[C@H]2CCCN(c3ccc(C(F)(F)F)cc3)C2)c1. The van der Waals surface area contributed by atoms with Gasteiger partial charge in [-0.25, -0.2) is 4.98 Å². The van der Waals surface area contributed by atoms with Crippen LogP contribution in [0, 0.1) is 11.8 Å². The highest BCUT2D eigenvalue weighted by Crippen LogP contribution is 2.36. The van der Waals surface area contributed by atoms with Crippen LogP contribution in [0.5, 0.6) is 0 Å². The molecule has 35 heavy (non-hydrogen) atoms. The van der Waals surface area contributed by atoms with Gasteiger partial charge in [0.05, 0.1) is 5.56 Å². The highest BCUT2D eigenvalue weighted by atomic mass is 19.4. The van der Waals surface area contributed by atoms with Crippen LogP contribution in [0.15, 0.2) is 42.6 Å². The van der Waals surface area contributed by atoms with Crippen molar-refractivity contribution in [2.75, 3.05) is 29.9 Å². The molecular formula is C28H38F3N3O. The van der Waals surface area contributed by atoms with Crippen molar-refractivity contribution in [2.24, 2.45) is 11.8 Å². The first kappa shape index (κ1) is 25.8. The van der Waals surface area contributed by atoms with Gasteiger partial charge in [0, 0.05) is 37.6 Å². The molecule has 1 aliphatic carbocycles. The number of aliphatic hydroxyl groups is 1. The fourth-order valence-corrected chi connectivity index (χ4v) is 5.80. The van der Waals surface area contributed by atoms with E-state index in [1.807, 2.05) is 6.20 Å². The molecule has 2 aliphatic rings. The van der Waals surface area contributed by atoms with Crippen molar-refractivity contribution in [3.05, 3.63) is 53.7 Å². The lowest BCUT2D eigenvalue weighted by atomic mass is 9.77. The van der Waals surface area contributed by atoms with Gasteiger partial charge in [0.15, 0.2) is 0 Å². The Morgan fingerprint density at radius 1 is 1.00 bits per heavy atom. The van der Waals surface area contributed by atoms with E-state index in [2.05, 4.69) is 27.3 Å². The molecule has 2 heterocycles. The first-order chi connectivity index (χ1) is 16.9. The highest BCUT2D eigenvalue weighted by molar-refractivity contribution is 5.48. The van der Waals surface area contributed by atoms with Gasteiger partial charge in [-0.15, -0.1) is 0 Å². The topological polar surface area (TPSA) is 48.4 Å². The standard InChI is InChI=1S/C28H38F3N3O/c29-28(30,31)24-10-12-25(13-11-24)34-16-5-7-22(20-34)18-23-8-1-2-9-26(23)33-27-19-21(14-15-32-27)6-3-4-17-35/h10-15,19,22-23,26,35H,1-9,16-18,20H2,(H,32,33)/t22-,23+,26-/m1/s1. The van der Waals surface area contributed by atoms with Crippen molar-refractivity contribution < 1.29 is 18.3 Å². The van der Waals surface area contributed by atoms with Crippen molar-refractivity contribution in [1.82, 2.24) is 4.98 Å². The largest absolute Gasteiger partial charge is 0.416 e. The minimum absolute atomic E-state index is 0.234. The lowest BCUT2D eigenvalue weighted by Gasteiger charge is -2.39. The maximum Gasteiger partial charge on any atom is 0.416 e. The van der Waals surface area contributed by atoms with Gasteiger partial charge < -0.3 is 15.3 Å². The number of hydrogen-bond donors (Lipinski definition) is 2. The van der Waals surface area contributed by atoms with E-state index in [0.29, 0.717) is 17.9 Å². The molecule has 2 N–H and O–H groups in total. The summed E-state index contributed by atoms with van der Waals surface area (Å²) in [6.07, 6.45) is 8.58. The lowest BCUT2D eigenvalue weighted by molar-refractivity contribution is -0.137. The molecule has 1 aromatic heterocycles. The van der Waals surface area contributed by atoms with Crippen molar-refractivity contribution in [3.8, 4) is 0 Å². The average molecular weight is 490 g/mol. The zero-order valence-electron chi connectivity index (χ0n) is 20.4. The van der Waals surface area contributed by atoms with Crippen molar-refractivity contribution in [2.45, 2.75) is 76.4 Å². The molecule has 0 spiro atoms. The predicted molar refractivity (Wildman–Crippen MR) is 135 cm³/mol. The number of benzene rings is 1. The molecular weight excluding hydrogens is 451 g/mol. The number of unbranched alkanes of at least 4 members (excludes halogenated alkanes) is 1. The zero-order chi connectivity index (χ0) is 24.7. The van der Waals surface area contributed by atoms with Gasteiger partial charge in [0.1, 0.15) is 5.82 Å². The Kier molecular flexibility index (Phi) is 8.93. The van der Waals surface area contributed by atoms with Crippen molar-refractivity contribution in [1.29, 1.82) is 0 Å². The smallest absolute Gasteiger partial charge is 0.396 e. The quantitative estimate of drug-likeness (QED) is 0.385. The summed E-state index contributed by atoms with van der Waals surface area (Å²) in [5.41, 5.74) is 1.56. The maximum absolute atomic E-state index is 12.9.